The van der Waals surface area contributed by atoms with Gasteiger partial charge in [0.05, 0.1) is 5.69 Å². The minimum atomic E-state index is -0.0706. The molecular formula is C15H14BrClN2O. The molecule has 104 valence electrons. The molecule has 0 radical (unpaired) electrons. The molecule has 2 aromatic rings. The maximum Gasteiger partial charge on any atom is 0.221 e. The van der Waals surface area contributed by atoms with Gasteiger partial charge in [-0.1, -0.05) is 23.7 Å². The van der Waals surface area contributed by atoms with Gasteiger partial charge >= 0.3 is 0 Å². The molecule has 2 aromatic carbocycles. The van der Waals surface area contributed by atoms with E-state index < -0.39 is 0 Å². The van der Waals surface area contributed by atoms with Crippen LogP contribution in [0.4, 0.5) is 11.4 Å². The van der Waals surface area contributed by atoms with Crippen molar-refractivity contribution in [1.29, 1.82) is 0 Å². The van der Waals surface area contributed by atoms with Gasteiger partial charge in [-0.05, 0) is 51.8 Å². The zero-order valence-corrected chi connectivity index (χ0v) is 13.3. The molecule has 0 fully saturated rings. The van der Waals surface area contributed by atoms with Crippen molar-refractivity contribution in [3.63, 3.8) is 0 Å². The lowest BCUT2D eigenvalue weighted by Gasteiger charge is -2.10. The third-order valence-corrected chi connectivity index (χ3v) is 3.61. The van der Waals surface area contributed by atoms with Crippen LogP contribution in [0.15, 0.2) is 46.9 Å². The summed E-state index contributed by atoms with van der Waals surface area (Å²) in [5.74, 6) is -0.0706. The summed E-state index contributed by atoms with van der Waals surface area (Å²) in [6.07, 6.45) is 0. The van der Waals surface area contributed by atoms with Gasteiger partial charge < -0.3 is 10.6 Å². The van der Waals surface area contributed by atoms with Gasteiger partial charge in [-0.25, -0.2) is 0 Å². The molecule has 2 rings (SSSR count). The molecule has 0 atom stereocenters. The lowest BCUT2D eigenvalue weighted by Crippen LogP contribution is -2.06. The van der Waals surface area contributed by atoms with E-state index in [1.807, 2.05) is 42.5 Å². The van der Waals surface area contributed by atoms with Crippen LogP contribution in [0.1, 0.15) is 12.5 Å². The average molecular weight is 354 g/mol. The zero-order valence-electron chi connectivity index (χ0n) is 10.9. The summed E-state index contributed by atoms with van der Waals surface area (Å²) < 4.78 is 0.969. The molecule has 0 saturated carbocycles. The van der Waals surface area contributed by atoms with E-state index in [1.54, 1.807) is 0 Å². The number of rotatable bonds is 4. The molecular weight excluding hydrogens is 340 g/mol. The first-order valence-corrected chi connectivity index (χ1v) is 7.27. The smallest absolute Gasteiger partial charge is 0.221 e. The molecule has 0 aliphatic carbocycles. The number of anilines is 2. The molecule has 0 heterocycles. The van der Waals surface area contributed by atoms with E-state index in [2.05, 4.69) is 26.6 Å². The largest absolute Gasteiger partial charge is 0.380 e. The SMILES string of the molecule is CC(=O)Nc1ccc(CNc2cc(Cl)ccc2Br)cc1. The van der Waals surface area contributed by atoms with Crippen LogP contribution in [0.3, 0.4) is 0 Å². The second-order valence-corrected chi connectivity index (χ2v) is 5.65. The van der Waals surface area contributed by atoms with Crippen molar-refractivity contribution < 1.29 is 4.79 Å². The quantitative estimate of drug-likeness (QED) is 0.838. The number of carbonyl (C=O) groups excluding carboxylic acids is 1. The Kier molecular flexibility index (Phi) is 5.04. The van der Waals surface area contributed by atoms with Gasteiger partial charge in [0.15, 0.2) is 0 Å². The van der Waals surface area contributed by atoms with E-state index >= 15 is 0 Å². The Bertz CT molecular complexity index is 614. The van der Waals surface area contributed by atoms with Crippen molar-refractivity contribution in [2.75, 3.05) is 10.6 Å². The Morgan fingerprint density at radius 3 is 2.55 bits per heavy atom. The van der Waals surface area contributed by atoms with E-state index in [-0.39, 0.29) is 5.91 Å². The number of halogens is 2. The Hall–Kier alpha value is -1.52. The van der Waals surface area contributed by atoms with Crippen LogP contribution in [0.2, 0.25) is 5.02 Å². The van der Waals surface area contributed by atoms with Crippen molar-refractivity contribution in [3.05, 3.63) is 57.5 Å². The molecule has 0 aliphatic heterocycles. The highest BCUT2D eigenvalue weighted by atomic mass is 79.9. The first-order chi connectivity index (χ1) is 9.54. The molecule has 3 nitrogen and oxygen atoms in total. The maximum absolute atomic E-state index is 10.9. The van der Waals surface area contributed by atoms with Gasteiger partial charge in [-0.3, -0.25) is 4.79 Å². The van der Waals surface area contributed by atoms with Crippen molar-refractivity contribution >= 4 is 44.8 Å². The van der Waals surface area contributed by atoms with Crippen LogP contribution in [0.5, 0.6) is 0 Å². The maximum atomic E-state index is 10.9. The lowest BCUT2D eigenvalue weighted by atomic mass is 10.2. The summed E-state index contributed by atoms with van der Waals surface area (Å²) in [4.78, 5) is 10.9. The van der Waals surface area contributed by atoms with Crippen LogP contribution in [0.25, 0.3) is 0 Å². The molecule has 2 N–H and O–H groups in total. The fraction of sp³-hybridized carbons (Fsp3) is 0.133. The van der Waals surface area contributed by atoms with Gasteiger partial charge in [-0.15, -0.1) is 0 Å². The summed E-state index contributed by atoms with van der Waals surface area (Å²) >= 11 is 9.44. The van der Waals surface area contributed by atoms with Crippen LogP contribution in [-0.4, -0.2) is 5.91 Å². The first kappa shape index (κ1) is 14.9. The number of nitrogens with one attached hydrogen (secondary N) is 2. The highest BCUT2D eigenvalue weighted by molar-refractivity contribution is 9.10. The monoisotopic (exact) mass is 352 g/mol. The van der Waals surface area contributed by atoms with Gasteiger partial charge in [-0.2, -0.15) is 0 Å². The summed E-state index contributed by atoms with van der Waals surface area (Å²) in [6.45, 7) is 2.17. The van der Waals surface area contributed by atoms with E-state index in [0.717, 1.165) is 21.4 Å². The third kappa shape index (κ3) is 4.25. The normalized spacial score (nSPS) is 10.2. The molecule has 0 aromatic heterocycles. The van der Waals surface area contributed by atoms with Crippen LogP contribution >= 0.6 is 27.5 Å². The van der Waals surface area contributed by atoms with Crippen LogP contribution < -0.4 is 10.6 Å². The summed E-state index contributed by atoms with van der Waals surface area (Å²) in [5, 5.41) is 6.74. The van der Waals surface area contributed by atoms with Crippen molar-refractivity contribution in [2.45, 2.75) is 13.5 Å². The van der Waals surface area contributed by atoms with Gasteiger partial charge in [0, 0.05) is 28.7 Å². The number of hydrogen-bond donors (Lipinski definition) is 2. The summed E-state index contributed by atoms with van der Waals surface area (Å²) in [6, 6.07) is 13.3. The minimum absolute atomic E-state index is 0.0706. The number of carbonyl (C=O) groups is 1. The van der Waals surface area contributed by atoms with Crippen LogP contribution in [-0.2, 0) is 11.3 Å². The van der Waals surface area contributed by atoms with E-state index in [9.17, 15) is 4.79 Å². The molecule has 0 spiro atoms. The standard InChI is InChI=1S/C15H14BrClN2O/c1-10(20)19-13-5-2-11(3-6-13)9-18-15-8-12(17)4-7-14(15)16/h2-8,18H,9H2,1H3,(H,19,20). The Balaban J connectivity index is 2.00. The number of amides is 1. The van der Waals surface area contributed by atoms with Gasteiger partial charge in [0.2, 0.25) is 5.91 Å². The molecule has 0 bridgehead atoms. The van der Waals surface area contributed by atoms with Gasteiger partial charge in [0.1, 0.15) is 0 Å². The second kappa shape index (κ2) is 6.77. The molecule has 5 heteroatoms. The topological polar surface area (TPSA) is 41.1 Å². The Morgan fingerprint density at radius 1 is 1.20 bits per heavy atom. The molecule has 0 saturated heterocycles. The molecule has 0 aliphatic rings. The average Bonchev–Trinajstić information content (AvgIpc) is 2.41. The van der Waals surface area contributed by atoms with Crippen molar-refractivity contribution in [1.82, 2.24) is 0 Å². The highest BCUT2D eigenvalue weighted by Crippen LogP contribution is 2.26. The first-order valence-electron chi connectivity index (χ1n) is 6.10. The highest BCUT2D eigenvalue weighted by Gasteiger charge is 2.01. The van der Waals surface area contributed by atoms with E-state index in [4.69, 9.17) is 11.6 Å². The summed E-state index contributed by atoms with van der Waals surface area (Å²) in [7, 11) is 0. The fourth-order valence-corrected chi connectivity index (χ4v) is 2.30. The van der Waals surface area contributed by atoms with Crippen LogP contribution in [0, 0.1) is 0 Å². The molecule has 0 unspecified atom stereocenters. The van der Waals surface area contributed by atoms with E-state index in [0.29, 0.717) is 11.6 Å². The molecule has 20 heavy (non-hydrogen) atoms. The molecule has 1 amide bonds. The number of benzene rings is 2. The summed E-state index contributed by atoms with van der Waals surface area (Å²) in [5.41, 5.74) is 2.86. The predicted octanol–water partition coefficient (Wildman–Crippen LogP) is 4.67. The number of hydrogen-bond acceptors (Lipinski definition) is 2. The Morgan fingerprint density at radius 2 is 1.90 bits per heavy atom. The van der Waals surface area contributed by atoms with Crippen molar-refractivity contribution in [3.8, 4) is 0 Å². The van der Waals surface area contributed by atoms with Crippen molar-refractivity contribution in [2.24, 2.45) is 0 Å². The second-order valence-electron chi connectivity index (χ2n) is 4.36. The van der Waals surface area contributed by atoms with Gasteiger partial charge in [0.25, 0.3) is 0 Å². The Labute approximate surface area is 131 Å². The third-order valence-electron chi connectivity index (χ3n) is 2.69. The zero-order chi connectivity index (χ0) is 14.5. The lowest BCUT2D eigenvalue weighted by molar-refractivity contribution is -0.114. The fourth-order valence-electron chi connectivity index (χ4n) is 1.74. The predicted molar refractivity (Wildman–Crippen MR) is 87.2 cm³/mol. The van der Waals surface area contributed by atoms with E-state index in [1.165, 1.54) is 6.92 Å². The minimum Gasteiger partial charge on any atom is -0.380 e.